The molecule has 0 fully saturated rings. The number of pyridine rings is 1. The van der Waals surface area contributed by atoms with Crippen LogP contribution in [0.5, 0.6) is 0 Å². The van der Waals surface area contributed by atoms with Crippen molar-refractivity contribution in [2.24, 2.45) is 0 Å². The standard InChI is InChI=1S/C7H4ClF3N2O/c8-5(14)4-3(6(10)11)2(9)1-13-7(4)12/h1,6H,(H2,12,13). The molecule has 14 heavy (non-hydrogen) atoms. The van der Waals surface area contributed by atoms with Crippen LogP contribution in [0.2, 0.25) is 0 Å². The number of rotatable bonds is 2. The van der Waals surface area contributed by atoms with Gasteiger partial charge in [-0.15, -0.1) is 0 Å². The van der Waals surface area contributed by atoms with Gasteiger partial charge < -0.3 is 5.73 Å². The van der Waals surface area contributed by atoms with Crippen LogP contribution in [0.1, 0.15) is 22.3 Å². The van der Waals surface area contributed by atoms with Gasteiger partial charge in [0.25, 0.3) is 11.7 Å². The number of halogens is 4. The Morgan fingerprint density at radius 1 is 1.57 bits per heavy atom. The Morgan fingerprint density at radius 3 is 2.50 bits per heavy atom. The van der Waals surface area contributed by atoms with E-state index in [1.165, 1.54) is 0 Å². The van der Waals surface area contributed by atoms with Crippen molar-refractivity contribution in [3.05, 3.63) is 23.1 Å². The van der Waals surface area contributed by atoms with Gasteiger partial charge in [0, 0.05) is 0 Å². The van der Waals surface area contributed by atoms with Crippen molar-refractivity contribution in [1.29, 1.82) is 0 Å². The fraction of sp³-hybridized carbons (Fsp3) is 0.143. The quantitative estimate of drug-likeness (QED) is 0.783. The molecule has 2 N–H and O–H groups in total. The van der Waals surface area contributed by atoms with Crippen LogP contribution in [0, 0.1) is 5.82 Å². The number of nitrogens with zero attached hydrogens (tertiary/aromatic N) is 1. The van der Waals surface area contributed by atoms with Crippen LogP contribution < -0.4 is 5.73 Å². The molecule has 0 radical (unpaired) electrons. The highest BCUT2D eigenvalue weighted by Gasteiger charge is 2.25. The van der Waals surface area contributed by atoms with E-state index in [4.69, 9.17) is 17.3 Å². The number of aromatic nitrogens is 1. The van der Waals surface area contributed by atoms with Gasteiger partial charge in [-0.2, -0.15) is 0 Å². The average Bonchev–Trinajstić information content (AvgIpc) is 2.07. The van der Waals surface area contributed by atoms with Crippen molar-refractivity contribution in [3.63, 3.8) is 0 Å². The number of nitrogen functional groups attached to an aromatic ring is 1. The number of carbonyl (C=O) groups excluding carboxylic acids is 1. The normalized spacial score (nSPS) is 10.6. The van der Waals surface area contributed by atoms with Gasteiger partial charge in [0.05, 0.1) is 17.3 Å². The fourth-order valence-electron chi connectivity index (χ4n) is 0.938. The summed E-state index contributed by atoms with van der Waals surface area (Å²) in [5, 5.41) is -1.26. The van der Waals surface area contributed by atoms with E-state index in [2.05, 4.69) is 4.98 Å². The monoisotopic (exact) mass is 224 g/mol. The molecule has 1 heterocycles. The number of alkyl halides is 2. The van der Waals surface area contributed by atoms with Crippen LogP contribution in [0.15, 0.2) is 6.20 Å². The summed E-state index contributed by atoms with van der Waals surface area (Å²) in [6, 6.07) is 0. The molecule has 0 unspecified atom stereocenters. The van der Waals surface area contributed by atoms with E-state index >= 15 is 0 Å². The summed E-state index contributed by atoms with van der Waals surface area (Å²) in [6.45, 7) is 0. The second kappa shape index (κ2) is 3.83. The minimum absolute atomic E-state index is 0.512. The molecule has 0 aromatic carbocycles. The van der Waals surface area contributed by atoms with Crippen LogP contribution in [-0.4, -0.2) is 10.2 Å². The molecule has 0 aliphatic carbocycles. The van der Waals surface area contributed by atoms with Crippen LogP contribution in [-0.2, 0) is 0 Å². The molecule has 0 saturated heterocycles. The average molecular weight is 225 g/mol. The van der Waals surface area contributed by atoms with E-state index in [-0.39, 0.29) is 0 Å². The smallest absolute Gasteiger partial charge is 0.267 e. The van der Waals surface area contributed by atoms with Gasteiger partial charge >= 0.3 is 0 Å². The zero-order valence-corrected chi connectivity index (χ0v) is 7.36. The van der Waals surface area contributed by atoms with Crippen molar-refractivity contribution in [2.75, 3.05) is 5.73 Å². The Kier molecular flexibility index (Phi) is 2.95. The molecule has 0 spiro atoms. The topological polar surface area (TPSA) is 56.0 Å². The molecule has 0 amide bonds. The van der Waals surface area contributed by atoms with E-state index in [0.29, 0.717) is 6.20 Å². The van der Waals surface area contributed by atoms with E-state index < -0.39 is 34.4 Å². The fourth-order valence-corrected chi connectivity index (χ4v) is 1.14. The first kappa shape index (κ1) is 10.8. The predicted molar refractivity (Wildman–Crippen MR) is 43.7 cm³/mol. The molecule has 0 aliphatic rings. The number of carbonyl (C=O) groups is 1. The lowest BCUT2D eigenvalue weighted by molar-refractivity contribution is 0.106. The molecule has 0 saturated carbocycles. The minimum atomic E-state index is -3.17. The third-order valence-electron chi connectivity index (χ3n) is 1.51. The Hall–Kier alpha value is -1.30. The van der Waals surface area contributed by atoms with E-state index in [0.717, 1.165) is 0 Å². The number of hydrogen-bond acceptors (Lipinski definition) is 3. The Morgan fingerprint density at radius 2 is 2.14 bits per heavy atom. The SMILES string of the molecule is Nc1ncc(F)c(C(F)F)c1C(=O)Cl. The minimum Gasteiger partial charge on any atom is -0.383 e. The lowest BCUT2D eigenvalue weighted by atomic mass is 10.1. The van der Waals surface area contributed by atoms with Crippen molar-refractivity contribution in [2.45, 2.75) is 6.43 Å². The summed E-state index contributed by atoms with van der Waals surface area (Å²) < 4.78 is 37.4. The molecule has 0 bridgehead atoms. The molecular weight excluding hydrogens is 221 g/mol. The molecule has 3 nitrogen and oxygen atoms in total. The second-order valence-corrected chi connectivity index (χ2v) is 2.70. The van der Waals surface area contributed by atoms with Gasteiger partial charge in [0.15, 0.2) is 5.82 Å². The second-order valence-electron chi connectivity index (χ2n) is 2.35. The Labute approximate surface area is 81.7 Å². The molecule has 1 aromatic heterocycles. The number of nitrogens with two attached hydrogens (primary N) is 1. The van der Waals surface area contributed by atoms with Crippen LogP contribution in [0.4, 0.5) is 19.0 Å². The highest BCUT2D eigenvalue weighted by Crippen LogP contribution is 2.29. The third-order valence-corrected chi connectivity index (χ3v) is 1.70. The van der Waals surface area contributed by atoms with Crippen LogP contribution in [0.25, 0.3) is 0 Å². The lowest BCUT2D eigenvalue weighted by Gasteiger charge is -2.07. The number of anilines is 1. The molecule has 7 heteroatoms. The van der Waals surface area contributed by atoms with Gasteiger partial charge in [-0.05, 0) is 11.6 Å². The van der Waals surface area contributed by atoms with Gasteiger partial charge in [-0.1, -0.05) is 0 Å². The van der Waals surface area contributed by atoms with Crippen LogP contribution >= 0.6 is 11.6 Å². The van der Waals surface area contributed by atoms with Gasteiger partial charge in [0.2, 0.25) is 0 Å². The van der Waals surface area contributed by atoms with E-state index in [1.54, 1.807) is 0 Å². The summed E-state index contributed by atoms with van der Waals surface area (Å²) in [6.07, 6.45) is -2.65. The van der Waals surface area contributed by atoms with E-state index in [1.807, 2.05) is 0 Å². The van der Waals surface area contributed by atoms with Crippen LogP contribution in [0.3, 0.4) is 0 Å². The van der Waals surface area contributed by atoms with Crippen molar-refractivity contribution < 1.29 is 18.0 Å². The Balaban J connectivity index is 3.50. The number of hydrogen-bond donors (Lipinski definition) is 1. The first-order chi connectivity index (χ1) is 6.45. The Bertz CT molecular complexity index is 383. The summed E-state index contributed by atoms with van der Waals surface area (Å²) >= 11 is 4.97. The molecule has 0 atom stereocenters. The largest absolute Gasteiger partial charge is 0.383 e. The summed E-state index contributed by atoms with van der Waals surface area (Å²) in [4.78, 5) is 13.9. The van der Waals surface area contributed by atoms with Crippen molar-refractivity contribution >= 4 is 22.7 Å². The third kappa shape index (κ3) is 1.79. The lowest BCUT2D eigenvalue weighted by Crippen LogP contribution is -2.08. The zero-order chi connectivity index (χ0) is 10.9. The van der Waals surface area contributed by atoms with Crippen molar-refractivity contribution in [3.8, 4) is 0 Å². The molecule has 76 valence electrons. The summed E-state index contributed by atoms with van der Waals surface area (Å²) in [5.74, 6) is -1.82. The first-order valence-electron chi connectivity index (χ1n) is 3.37. The van der Waals surface area contributed by atoms with Crippen molar-refractivity contribution in [1.82, 2.24) is 4.98 Å². The zero-order valence-electron chi connectivity index (χ0n) is 6.60. The molecule has 1 rings (SSSR count). The maximum atomic E-state index is 12.8. The summed E-state index contributed by atoms with van der Waals surface area (Å²) in [5.41, 5.74) is 3.22. The molecule has 1 aromatic rings. The van der Waals surface area contributed by atoms with Gasteiger partial charge in [-0.25, -0.2) is 18.2 Å². The summed E-state index contributed by atoms with van der Waals surface area (Å²) in [7, 11) is 0. The molecule has 0 aliphatic heterocycles. The van der Waals surface area contributed by atoms with E-state index in [9.17, 15) is 18.0 Å². The predicted octanol–water partition coefficient (Wildman–Crippen LogP) is 2.12. The highest BCUT2D eigenvalue weighted by molar-refractivity contribution is 6.68. The maximum absolute atomic E-state index is 12.8. The van der Waals surface area contributed by atoms with Gasteiger partial charge in [0.1, 0.15) is 5.82 Å². The highest BCUT2D eigenvalue weighted by atomic mass is 35.5. The molecular formula is C7H4ClF3N2O. The van der Waals surface area contributed by atoms with Gasteiger partial charge in [-0.3, -0.25) is 4.79 Å². The maximum Gasteiger partial charge on any atom is 0.267 e. The first-order valence-corrected chi connectivity index (χ1v) is 3.74.